The minimum atomic E-state index is -3.64. The smallest absolute Gasteiger partial charge is 0.243 e. The number of aromatic nitrogens is 2. The topological polar surface area (TPSA) is 101 Å². The van der Waals surface area contributed by atoms with Crippen molar-refractivity contribution in [2.75, 3.05) is 31.3 Å². The van der Waals surface area contributed by atoms with E-state index in [1.165, 1.54) is 41.6 Å². The van der Waals surface area contributed by atoms with Crippen LogP contribution in [0.3, 0.4) is 0 Å². The molecule has 1 aliphatic rings. The first-order chi connectivity index (χ1) is 16.0. The monoisotopic (exact) mass is 486 g/mol. The SMILES string of the molecule is COc1ccc(S(=O)(=O)N2CCCCCC2)cc1NC(=O)CSc1ncnc2ccccc12. The van der Waals surface area contributed by atoms with E-state index in [1.807, 2.05) is 24.3 Å². The van der Waals surface area contributed by atoms with E-state index in [1.54, 1.807) is 6.07 Å². The molecule has 174 valence electrons. The lowest BCUT2D eigenvalue weighted by molar-refractivity contribution is -0.113. The molecule has 10 heteroatoms. The zero-order valence-corrected chi connectivity index (χ0v) is 20.0. The van der Waals surface area contributed by atoms with Crippen LogP contribution in [0.4, 0.5) is 5.69 Å². The quantitative estimate of drug-likeness (QED) is 0.399. The van der Waals surface area contributed by atoms with Gasteiger partial charge in [-0.1, -0.05) is 42.8 Å². The molecule has 1 N–H and O–H groups in total. The number of sulfonamides is 1. The first-order valence-corrected chi connectivity index (χ1v) is 13.2. The maximum atomic E-state index is 13.2. The highest BCUT2D eigenvalue weighted by Crippen LogP contribution is 2.30. The second kappa shape index (κ2) is 10.5. The van der Waals surface area contributed by atoms with Crippen LogP contribution in [0, 0.1) is 0 Å². The molecule has 2 heterocycles. The van der Waals surface area contributed by atoms with Crippen LogP contribution >= 0.6 is 11.8 Å². The molecule has 0 unspecified atom stereocenters. The summed E-state index contributed by atoms with van der Waals surface area (Å²) in [4.78, 5) is 21.4. The predicted molar refractivity (Wildman–Crippen MR) is 129 cm³/mol. The van der Waals surface area contributed by atoms with Crippen molar-refractivity contribution >= 4 is 44.3 Å². The maximum Gasteiger partial charge on any atom is 0.243 e. The van der Waals surface area contributed by atoms with Gasteiger partial charge in [0.2, 0.25) is 15.9 Å². The molecule has 0 radical (unpaired) electrons. The van der Waals surface area contributed by atoms with E-state index in [9.17, 15) is 13.2 Å². The number of carbonyl (C=O) groups excluding carboxylic acids is 1. The highest BCUT2D eigenvalue weighted by atomic mass is 32.2. The van der Waals surface area contributed by atoms with Crippen molar-refractivity contribution in [3.05, 3.63) is 48.8 Å². The van der Waals surface area contributed by atoms with E-state index >= 15 is 0 Å². The molecule has 0 atom stereocenters. The van der Waals surface area contributed by atoms with Gasteiger partial charge in [-0.2, -0.15) is 4.31 Å². The predicted octanol–water partition coefficient (Wildman–Crippen LogP) is 3.93. The van der Waals surface area contributed by atoms with Gasteiger partial charge in [-0.3, -0.25) is 4.79 Å². The fourth-order valence-corrected chi connectivity index (χ4v) is 6.13. The van der Waals surface area contributed by atoms with Crippen molar-refractivity contribution in [1.82, 2.24) is 14.3 Å². The van der Waals surface area contributed by atoms with Gasteiger partial charge >= 0.3 is 0 Å². The van der Waals surface area contributed by atoms with Crippen molar-refractivity contribution in [3.63, 3.8) is 0 Å². The highest BCUT2D eigenvalue weighted by molar-refractivity contribution is 8.00. The molecular weight excluding hydrogens is 460 g/mol. The molecule has 8 nitrogen and oxygen atoms in total. The molecule has 1 fully saturated rings. The summed E-state index contributed by atoms with van der Waals surface area (Å²) in [5.74, 6) is 0.216. The third kappa shape index (κ3) is 5.45. The van der Waals surface area contributed by atoms with Crippen LogP contribution in [0.5, 0.6) is 5.75 Å². The number of nitrogens with zero attached hydrogens (tertiary/aromatic N) is 3. The third-order valence-electron chi connectivity index (χ3n) is 5.49. The van der Waals surface area contributed by atoms with Crippen molar-refractivity contribution < 1.29 is 17.9 Å². The van der Waals surface area contributed by atoms with E-state index in [4.69, 9.17) is 4.74 Å². The number of benzene rings is 2. The number of rotatable bonds is 7. The van der Waals surface area contributed by atoms with Crippen LogP contribution in [0.1, 0.15) is 25.7 Å². The Morgan fingerprint density at radius 2 is 1.85 bits per heavy atom. The lowest BCUT2D eigenvalue weighted by Crippen LogP contribution is -2.32. The number of nitrogens with one attached hydrogen (secondary N) is 1. The molecule has 0 spiro atoms. The maximum absolute atomic E-state index is 13.2. The Bertz CT molecular complexity index is 1240. The van der Waals surface area contributed by atoms with Crippen LogP contribution in [-0.2, 0) is 14.8 Å². The first-order valence-electron chi connectivity index (χ1n) is 10.8. The van der Waals surface area contributed by atoms with Crippen LogP contribution in [0.15, 0.2) is 58.7 Å². The van der Waals surface area contributed by atoms with Crippen molar-refractivity contribution in [3.8, 4) is 5.75 Å². The Morgan fingerprint density at radius 3 is 2.61 bits per heavy atom. The standard InChI is InChI=1S/C23H26N4O4S2/c1-31-21-11-10-17(33(29,30)27-12-6-2-3-7-13-27)14-20(21)26-22(28)15-32-23-18-8-4-5-9-19(18)24-16-25-23/h4-5,8-11,14,16H,2-3,6-7,12-13,15H2,1H3,(H,26,28). The van der Waals surface area contributed by atoms with Gasteiger partial charge in [0.15, 0.2) is 0 Å². The Balaban J connectivity index is 1.50. The second-order valence-corrected chi connectivity index (χ2v) is 10.6. The largest absolute Gasteiger partial charge is 0.495 e. The average Bonchev–Trinajstić information content (AvgIpc) is 3.13. The van der Waals surface area contributed by atoms with Crippen LogP contribution in [0.2, 0.25) is 0 Å². The number of thioether (sulfide) groups is 1. The minimum absolute atomic E-state index is 0.104. The van der Waals surface area contributed by atoms with E-state index in [-0.39, 0.29) is 16.6 Å². The molecule has 0 bridgehead atoms. The van der Waals surface area contributed by atoms with Gasteiger partial charge in [0, 0.05) is 18.5 Å². The number of carbonyl (C=O) groups is 1. The van der Waals surface area contributed by atoms with Gasteiger partial charge in [-0.25, -0.2) is 18.4 Å². The zero-order chi connectivity index (χ0) is 23.3. The number of para-hydroxylation sites is 1. The summed E-state index contributed by atoms with van der Waals surface area (Å²) in [6.45, 7) is 1.03. The van der Waals surface area contributed by atoms with Gasteiger partial charge in [0.05, 0.1) is 29.0 Å². The Morgan fingerprint density at radius 1 is 1.09 bits per heavy atom. The molecule has 2 aromatic carbocycles. The fraction of sp³-hybridized carbons (Fsp3) is 0.348. The molecule has 1 amide bonds. The molecule has 4 rings (SSSR count). The van der Waals surface area contributed by atoms with Gasteiger partial charge in [0.25, 0.3) is 0 Å². The molecule has 1 aliphatic heterocycles. The molecule has 1 saturated heterocycles. The summed E-state index contributed by atoms with van der Waals surface area (Å²) >= 11 is 1.30. The molecule has 0 saturated carbocycles. The Hall–Kier alpha value is -2.69. The fourth-order valence-electron chi connectivity index (χ4n) is 3.79. The molecule has 33 heavy (non-hydrogen) atoms. The van der Waals surface area contributed by atoms with Crippen molar-refractivity contribution in [2.24, 2.45) is 0 Å². The number of amides is 1. The zero-order valence-electron chi connectivity index (χ0n) is 18.4. The summed E-state index contributed by atoms with van der Waals surface area (Å²) in [5, 5.41) is 4.38. The van der Waals surface area contributed by atoms with E-state index in [2.05, 4.69) is 15.3 Å². The number of ether oxygens (including phenoxy) is 1. The van der Waals surface area contributed by atoms with Gasteiger partial charge in [-0.15, -0.1) is 0 Å². The highest BCUT2D eigenvalue weighted by Gasteiger charge is 2.26. The normalized spacial score (nSPS) is 15.2. The molecule has 0 aliphatic carbocycles. The lowest BCUT2D eigenvalue weighted by Gasteiger charge is -2.21. The van der Waals surface area contributed by atoms with Crippen LogP contribution in [0.25, 0.3) is 10.9 Å². The molecule has 1 aromatic heterocycles. The van der Waals surface area contributed by atoms with E-state index < -0.39 is 10.0 Å². The van der Waals surface area contributed by atoms with E-state index in [0.29, 0.717) is 29.6 Å². The van der Waals surface area contributed by atoms with Crippen LogP contribution in [-0.4, -0.2) is 54.6 Å². The van der Waals surface area contributed by atoms with Crippen molar-refractivity contribution in [2.45, 2.75) is 35.6 Å². The molecule has 3 aromatic rings. The summed E-state index contributed by atoms with van der Waals surface area (Å²) in [7, 11) is -2.16. The van der Waals surface area contributed by atoms with Gasteiger partial charge < -0.3 is 10.1 Å². The second-order valence-electron chi connectivity index (χ2n) is 7.71. The van der Waals surface area contributed by atoms with Gasteiger partial charge in [0.1, 0.15) is 17.1 Å². The number of fused-ring (bicyclic) bond motifs is 1. The van der Waals surface area contributed by atoms with Gasteiger partial charge in [-0.05, 0) is 37.1 Å². The number of hydrogen-bond acceptors (Lipinski definition) is 7. The van der Waals surface area contributed by atoms with Crippen molar-refractivity contribution in [1.29, 1.82) is 0 Å². The Labute approximate surface area is 197 Å². The van der Waals surface area contributed by atoms with E-state index in [0.717, 1.165) is 36.6 Å². The number of hydrogen-bond donors (Lipinski definition) is 1. The summed E-state index contributed by atoms with van der Waals surface area (Å²) < 4.78 is 33.2. The Kier molecular flexibility index (Phi) is 7.46. The average molecular weight is 487 g/mol. The number of anilines is 1. The first kappa shape index (κ1) is 23.5. The molecular formula is C23H26N4O4S2. The minimum Gasteiger partial charge on any atom is -0.495 e. The van der Waals surface area contributed by atoms with Crippen LogP contribution < -0.4 is 10.1 Å². The lowest BCUT2D eigenvalue weighted by atomic mass is 10.2. The summed E-state index contributed by atoms with van der Waals surface area (Å²) in [6, 6.07) is 12.2. The summed E-state index contributed by atoms with van der Waals surface area (Å²) in [5.41, 5.74) is 1.13. The third-order valence-corrected chi connectivity index (χ3v) is 8.39. The summed E-state index contributed by atoms with van der Waals surface area (Å²) in [6.07, 6.45) is 5.26. The number of methoxy groups -OCH3 is 1.